The van der Waals surface area contributed by atoms with Gasteiger partial charge >= 0.3 is 0 Å². The zero-order valence-corrected chi connectivity index (χ0v) is 13.7. The Morgan fingerprint density at radius 1 is 1.14 bits per heavy atom. The van der Waals surface area contributed by atoms with Crippen LogP contribution in [0.25, 0.3) is 0 Å². The van der Waals surface area contributed by atoms with Crippen LogP contribution in [0, 0.1) is 34.5 Å². The lowest BCUT2D eigenvalue weighted by Gasteiger charge is -2.58. The number of rotatable bonds is 0. The Morgan fingerprint density at radius 3 is 2.68 bits per heavy atom. The molecule has 22 heavy (non-hydrogen) atoms. The fourth-order valence-electron chi connectivity index (χ4n) is 6.62. The molecule has 0 aliphatic heterocycles. The molecule has 4 aliphatic rings. The molecular formula is C19H28O3. The molecule has 0 bridgehead atoms. The largest absolute Gasteiger partial charge is 0.390 e. The highest BCUT2D eigenvalue weighted by Gasteiger charge is 2.61. The molecule has 0 spiro atoms. The molecule has 0 aromatic rings. The van der Waals surface area contributed by atoms with Gasteiger partial charge in [0.05, 0.1) is 12.2 Å². The predicted molar refractivity (Wildman–Crippen MR) is 84.0 cm³/mol. The molecule has 0 heterocycles. The van der Waals surface area contributed by atoms with Gasteiger partial charge in [-0.1, -0.05) is 19.9 Å². The summed E-state index contributed by atoms with van der Waals surface area (Å²) in [5.74, 6) is 2.40. The van der Waals surface area contributed by atoms with Crippen LogP contribution in [0.15, 0.2) is 12.2 Å². The summed E-state index contributed by atoms with van der Waals surface area (Å²) in [5.41, 5.74) is 0.0225. The third-order valence-electron chi connectivity index (χ3n) is 8.01. The molecule has 4 aliphatic carbocycles. The van der Waals surface area contributed by atoms with Crippen LogP contribution < -0.4 is 0 Å². The number of hydrogen-bond acceptors (Lipinski definition) is 3. The van der Waals surface area contributed by atoms with E-state index in [1.165, 1.54) is 0 Å². The summed E-state index contributed by atoms with van der Waals surface area (Å²) in [6, 6.07) is 0. The van der Waals surface area contributed by atoms with Gasteiger partial charge in [0.25, 0.3) is 0 Å². The Morgan fingerprint density at radius 2 is 1.91 bits per heavy atom. The van der Waals surface area contributed by atoms with Crippen LogP contribution in [0.4, 0.5) is 0 Å². The van der Waals surface area contributed by atoms with E-state index in [9.17, 15) is 15.0 Å². The molecule has 0 unspecified atom stereocenters. The van der Waals surface area contributed by atoms with Crippen LogP contribution in [-0.4, -0.2) is 28.2 Å². The van der Waals surface area contributed by atoms with E-state index in [0.29, 0.717) is 30.1 Å². The van der Waals surface area contributed by atoms with Crippen LogP contribution in [0.1, 0.15) is 52.4 Å². The first kappa shape index (κ1) is 14.9. The van der Waals surface area contributed by atoms with E-state index in [0.717, 1.165) is 32.1 Å². The number of fused-ring (bicyclic) bond motifs is 5. The standard InChI is InChI=1S/C19H28O3/c1-18-7-5-12(20)9-11(18)3-4-13-14(18)6-8-19(2)15(13)10-16(21)17(19)22/h5,7,11,13-17,21-22H,3-4,6,8-10H2,1-2H3/t11-,13+,14-,15-,16-,17+,18-,19-/m0/s1. The second-order valence-corrected chi connectivity index (χ2v) is 8.81. The number of hydrogen-bond donors (Lipinski definition) is 2. The number of carbonyl (C=O) groups is 1. The molecule has 0 amide bonds. The Hall–Kier alpha value is -0.670. The van der Waals surface area contributed by atoms with Gasteiger partial charge in [-0.15, -0.1) is 0 Å². The Bertz CT molecular complexity index is 527. The molecule has 0 radical (unpaired) electrons. The molecule has 2 N–H and O–H groups in total. The Kier molecular flexibility index (Phi) is 3.16. The van der Waals surface area contributed by atoms with E-state index in [4.69, 9.17) is 0 Å². The average molecular weight is 304 g/mol. The maximum atomic E-state index is 11.8. The zero-order valence-electron chi connectivity index (χ0n) is 13.7. The number of ketones is 1. The highest BCUT2D eigenvalue weighted by molar-refractivity contribution is 5.91. The molecule has 3 saturated carbocycles. The normalized spacial score (nSPS) is 57.2. The van der Waals surface area contributed by atoms with Crippen molar-refractivity contribution in [3.63, 3.8) is 0 Å². The van der Waals surface area contributed by atoms with Crippen molar-refractivity contribution >= 4 is 5.78 Å². The smallest absolute Gasteiger partial charge is 0.155 e. The lowest BCUT2D eigenvalue weighted by molar-refractivity contribution is -0.124. The number of carbonyl (C=O) groups excluding carboxylic acids is 1. The summed E-state index contributed by atoms with van der Waals surface area (Å²) in [4.78, 5) is 11.8. The van der Waals surface area contributed by atoms with Crippen molar-refractivity contribution in [2.75, 3.05) is 0 Å². The molecule has 0 saturated heterocycles. The Balaban J connectivity index is 1.68. The summed E-state index contributed by atoms with van der Waals surface area (Å²) < 4.78 is 0. The van der Waals surface area contributed by atoms with Crippen LogP contribution >= 0.6 is 0 Å². The summed E-state index contributed by atoms with van der Waals surface area (Å²) >= 11 is 0. The number of allylic oxidation sites excluding steroid dienone is 2. The van der Waals surface area contributed by atoms with Crippen molar-refractivity contribution in [1.29, 1.82) is 0 Å². The third kappa shape index (κ3) is 1.78. The monoisotopic (exact) mass is 304 g/mol. The topological polar surface area (TPSA) is 57.5 Å². The fourth-order valence-corrected chi connectivity index (χ4v) is 6.62. The highest BCUT2D eigenvalue weighted by Crippen LogP contribution is 2.65. The average Bonchev–Trinajstić information content (AvgIpc) is 2.72. The second kappa shape index (κ2) is 4.67. The first-order valence-electron chi connectivity index (χ1n) is 8.94. The molecule has 0 aromatic heterocycles. The highest BCUT2D eigenvalue weighted by atomic mass is 16.3. The van der Waals surface area contributed by atoms with Crippen LogP contribution in [0.2, 0.25) is 0 Å². The van der Waals surface area contributed by atoms with Crippen molar-refractivity contribution in [2.24, 2.45) is 34.5 Å². The maximum absolute atomic E-state index is 11.8. The van der Waals surface area contributed by atoms with Gasteiger partial charge in [0, 0.05) is 6.42 Å². The molecule has 122 valence electrons. The van der Waals surface area contributed by atoms with Crippen molar-refractivity contribution in [3.8, 4) is 0 Å². The minimum Gasteiger partial charge on any atom is -0.390 e. The first-order valence-corrected chi connectivity index (χ1v) is 8.94. The van der Waals surface area contributed by atoms with Gasteiger partial charge < -0.3 is 10.2 Å². The van der Waals surface area contributed by atoms with Gasteiger partial charge in [-0.05, 0) is 72.7 Å². The molecule has 0 aromatic carbocycles. The summed E-state index contributed by atoms with van der Waals surface area (Å²) in [6.45, 7) is 4.53. The molecule has 3 nitrogen and oxygen atoms in total. The van der Waals surface area contributed by atoms with Gasteiger partial charge in [0.2, 0.25) is 0 Å². The summed E-state index contributed by atoms with van der Waals surface area (Å²) in [6.07, 6.45) is 8.75. The number of aliphatic hydroxyl groups is 2. The summed E-state index contributed by atoms with van der Waals surface area (Å²) in [7, 11) is 0. The van der Waals surface area contributed by atoms with E-state index >= 15 is 0 Å². The molecule has 4 rings (SSSR count). The SMILES string of the molecule is C[C@]12C=CC(=O)C[C@@H]1CC[C@@H]1[C@@H]2CC[C@]2(C)[C@H](O)[C@@H](O)C[C@@H]12. The van der Waals surface area contributed by atoms with E-state index in [1.807, 2.05) is 6.08 Å². The van der Waals surface area contributed by atoms with Gasteiger partial charge in [0.1, 0.15) is 0 Å². The van der Waals surface area contributed by atoms with E-state index in [1.54, 1.807) is 0 Å². The van der Waals surface area contributed by atoms with Crippen molar-refractivity contribution in [2.45, 2.75) is 64.6 Å². The van der Waals surface area contributed by atoms with E-state index < -0.39 is 12.2 Å². The lowest BCUT2D eigenvalue weighted by Crippen LogP contribution is -2.53. The molecule has 8 atom stereocenters. The molecule has 3 heteroatoms. The van der Waals surface area contributed by atoms with Crippen LogP contribution in [0.5, 0.6) is 0 Å². The summed E-state index contributed by atoms with van der Waals surface area (Å²) in [5, 5.41) is 20.7. The minimum atomic E-state index is -0.563. The van der Waals surface area contributed by atoms with Crippen molar-refractivity contribution < 1.29 is 15.0 Å². The number of aliphatic hydroxyl groups excluding tert-OH is 2. The molecule has 3 fully saturated rings. The minimum absolute atomic E-state index is 0.113. The Labute approximate surface area is 132 Å². The van der Waals surface area contributed by atoms with E-state index in [-0.39, 0.29) is 16.6 Å². The van der Waals surface area contributed by atoms with Crippen LogP contribution in [0.3, 0.4) is 0 Å². The third-order valence-corrected chi connectivity index (χ3v) is 8.01. The van der Waals surface area contributed by atoms with Gasteiger partial charge in [-0.2, -0.15) is 0 Å². The zero-order chi connectivity index (χ0) is 15.7. The van der Waals surface area contributed by atoms with Crippen LogP contribution in [-0.2, 0) is 4.79 Å². The second-order valence-electron chi connectivity index (χ2n) is 8.81. The van der Waals surface area contributed by atoms with Crippen molar-refractivity contribution in [1.82, 2.24) is 0 Å². The predicted octanol–water partition coefficient (Wildman–Crippen LogP) is 2.71. The van der Waals surface area contributed by atoms with Gasteiger partial charge in [-0.3, -0.25) is 4.79 Å². The van der Waals surface area contributed by atoms with Gasteiger partial charge in [-0.25, -0.2) is 0 Å². The molecular weight excluding hydrogens is 276 g/mol. The fraction of sp³-hybridized carbons (Fsp3) is 0.842. The van der Waals surface area contributed by atoms with Crippen molar-refractivity contribution in [3.05, 3.63) is 12.2 Å². The quantitative estimate of drug-likeness (QED) is 0.723. The van der Waals surface area contributed by atoms with E-state index in [2.05, 4.69) is 19.9 Å². The maximum Gasteiger partial charge on any atom is 0.155 e. The van der Waals surface area contributed by atoms with Gasteiger partial charge in [0.15, 0.2) is 5.78 Å². The first-order chi connectivity index (χ1) is 10.4. The lowest BCUT2D eigenvalue weighted by atomic mass is 9.46.